The third-order valence-electron chi connectivity index (χ3n) is 6.05. The standard InChI is InChI=1S/C24H34F3NO2Si/c1-23(2,3)31(4,5)30-18-21(22(29)24(25,26)27)28(16-19-12-8-6-9-13-19)17-20-14-10-7-11-15-20/h6-15,21-22,29H,16-18H2,1-5H3/t21-,22-/m0/s1. The highest BCUT2D eigenvalue weighted by Gasteiger charge is 2.47. The second-order valence-electron chi connectivity index (χ2n) is 9.50. The number of hydrogen-bond acceptors (Lipinski definition) is 3. The van der Waals surface area contributed by atoms with Crippen LogP contribution in [0.1, 0.15) is 31.9 Å². The zero-order chi connectivity index (χ0) is 23.3. The molecule has 2 rings (SSSR count). The zero-order valence-corrected chi connectivity index (χ0v) is 20.0. The van der Waals surface area contributed by atoms with Gasteiger partial charge in [-0.05, 0) is 29.3 Å². The second kappa shape index (κ2) is 10.3. The van der Waals surface area contributed by atoms with Crippen molar-refractivity contribution in [1.82, 2.24) is 4.90 Å². The van der Waals surface area contributed by atoms with Crippen LogP contribution in [0, 0.1) is 0 Å². The van der Waals surface area contributed by atoms with E-state index in [2.05, 4.69) is 0 Å². The largest absolute Gasteiger partial charge is 0.415 e. The van der Waals surface area contributed by atoms with Crippen LogP contribution < -0.4 is 0 Å². The van der Waals surface area contributed by atoms with Gasteiger partial charge >= 0.3 is 6.18 Å². The molecule has 7 heteroatoms. The molecule has 0 fully saturated rings. The smallest absolute Gasteiger partial charge is 0.415 e. The molecule has 2 aromatic carbocycles. The summed E-state index contributed by atoms with van der Waals surface area (Å²) in [5, 5.41) is 10.2. The Kier molecular flexibility index (Phi) is 8.50. The normalized spacial score (nSPS) is 15.2. The summed E-state index contributed by atoms with van der Waals surface area (Å²) in [7, 11) is -2.31. The van der Waals surface area contributed by atoms with E-state index in [4.69, 9.17) is 4.43 Å². The summed E-state index contributed by atoms with van der Waals surface area (Å²) in [4.78, 5) is 1.68. The van der Waals surface area contributed by atoms with Gasteiger partial charge in [-0.15, -0.1) is 0 Å². The predicted molar refractivity (Wildman–Crippen MR) is 121 cm³/mol. The van der Waals surface area contributed by atoms with Crippen molar-refractivity contribution < 1.29 is 22.7 Å². The first-order valence-corrected chi connectivity index (χ1v) is 13.4. The number of nitrogens with zero attached hydrogens (tertiary/aromatic N) is 1. The Morgan fingerprint density at radius 3 is 1.65 bits per heavy atom. The number of halogens is 3. The van der Waals surface area contributed by atoms with Crippen LogP contribution in [-0.4, -0.2) is 43.3 Å². The van der Waals surface area contributed by atoms with E-state index in [-0.39, 0.29) is 24.7 Å². The van der Waals surface area contributed by atoms with Crippen LogP contribution in [0.3, 0.4) is 0 Å². The first-order valence-electron chi connectivity index (χ1n) is 10.5. The van der Waals surface area contributed by atoms with Crippen molar-refractivity contribution in [2.24, 2.45) is 0 Å². The lowest BCUT2D eigenvalue weighted by Gasteiger charge is -2.41. The number of aliphatic hydroxyl groups is 1. The van der Waals surface area contributed by atoms with Crippen LogP contribution in [0.15, 0.2) is 60.7 Å². The fraction of sp³-hybridized carbons (Fsp3) is 0.500. The summed E-state index contributed by atoms with van der Waals surface area (Å²) in [6, 6.07) is 17.5. The topological polar surface area (TPSA) is 32.7 Å². The van der Waals surface area contributed by atoms with Crippen molar-refractivity contribution >= 4 is 8.32 Å². The maximum atomic E-state index is 13.7. The van der Waals surface area contributed by atoms with Crippen LogP contribution in [0.5, 0.6) is 0 Å². The first kappa shape index (κ1) is 25.6. The molecule has 2 aromatic rings. The molecule has 0 amide bonds. The van der Waals surface area contributed by atoms with Gasteiger partial charge in [0.25, 0.3) is 0 Å². The third-order valence-corrected chi connectivity index (χ3v) is 10.5. The Morgan fingerprint density at radius 1 is 0.871 bits per heavy atom. The average molecular weight is 454 g/mol. The highest BCUT2D eigenvalue weighted by Crippen LogP contribution is 2.37. The molecule has 0 aromatic heterocycles. The van der Waals surface area contributed by atoms with Crippen molar-refractivity contribution in [3.05, 3.63) is 71.8 Å². The summed E-state index contributed by atoms with van der Waals surface area (Å²) in [5.74, 6) is 0. The lowest BCUT2D eigenvalue weighted by Crippen LogP contribution is -2.54. The Morgan fingerprint density at radius 2 is 1.29 bits per heavy atom. The van der Waals surface area contributed by atoms with Gasteiger partial charge in [0.2, 0.25) is 0 Å². The van der Waals surface area contributed by atoms with E-state index in [0.717, 1.165) is 11.1 Å². The molecule has 172 valence electrons. The molecule has 2 atom stereocenters. The Balaban J connectivity index is 2.38. The van der Waals surface area contributed by atoms with Gasteiger partial charge in [0, 0.05) is 13.1 Å². The van der Waals surface area contributed by atoms with Gasteiger partial charge in [0.1, 0.15) is 0 Å². The molecule has 0 saturated carbocycles. The van der Waals surface area contributed by atoms with Crippen molar-refractivity contribution in [2.45, 2.75) is 70.3 Å². The minimum absolute atomic E-state index is 0.148. The minimum Gasteiger partial charge on any atom is -0.415 e. The van der Waals surface area contributed by atoms with Crippen LogP contribution in [0.25, 0.3) is 0 Å². The van der Waals surface area contributed by atoms with Gasteiger partial charge in [-0.2, -0.15) is 13.2 Å². The number of rotatable bonds is 9. The van der Waals surface area contributed by atoms with Gasteiger partial charge in [0.05, 0.1) is 12.6 Å². The lowest BCUT2D eigenvalue weighted by atomic mass is 10.1. The summed E-state index contributed by atoms with van der Waals surface area (Å²) in [6.07, 6.45) is -7.25. The lowest BCUT2D eigenvalue weighted by molar-refractivity contribution is -0.226. The second-order valence-corrected chi connectivity index (χ2v) is 14.3. The fourth-order valence-electron chi connectivity index (χ4n) is 3.05. The minimum atomic E-state index is -4.74. The molecule has 0 aliphatic heterocycles. The van der Waals surface area contributed by atoms with Crippen molar-refractivity contribution in [2.75, 3.05) is 6.61 Å². The van der Waals surface area contributed by atoms with Crippen molar-refractivity contribution in [3.63, 3.8) is 0 Å². The van der Waals surface area contributed by atoms with E-state index in [1.807, 2.05) is 94.5 Å². The highest BCUT2D eigenvalue weighted by molar-refractivity contribution is 6.74. The van der Waals surface area contributed by atoms with Crippen LogP contribution in [0.4, 0.5) is 13.2 Å². The Bertz CT molecular complexity index is 750. The van der Waals surface area contributed by atoms with Crippen LogP contribution in [0.2, 0.25) is 18.1 Å². The van der Waals surface area contributed by atoms with Gasteiger partial charge < -0.3 is 9.53 Å². The maximum Gasteiger partial charge on any atom is 0.415 e. The first-order chi connectivity index (χ1) is 14.3. The molecule has 0 radical (unpaired) electrons. The molecule has 0 heterocycles. The van der Waals surface area contributed by atoms with E-state index < -0.39 is 26.6 Å². The molecule has 1 N–H and O–H groups in total. The number of aliphatic hydroxyl groups excluding tert-OH is 1. The van der Waals surface area contributed by atoms with Gasteiger partial charge in [0.15, 0.2) is 14.4 Å². The van der Waals surface area contributed by atoms with Crippen LogP contribution in [-0.2, 0) is 17.5 Å². The Hall–Kier alpha value is -1.67. The maximum absolute atomic E-state index is 13.7. The Labute approximate surface area is 185 Å². The summed E-state index contributed by atoms with van der Waals surface area (Å²) >= 11 is 0. The molecule has 0 aliphatic carbocycles. The van der Waals surface area contributed by atoms with E-state index in [9.17, 15) is 18.3 Å². The summed E-state index contributed by atoms with van der Waals surface area (Å²) in [6.45, 7) is 10.5. The summed E-state index contributed by atoms with van der Waals surface area (Å²) in [5.41, 5.74) is 1.76. The number of alkyl halides is 3. The van der Waals surface area contributed by atoms with Gasteiger partial charge in [-0.25, -0.2) is 0 Å². The number of hydrogen-bond donors (Lipinski definition) is 1. The molecule has 0 saturated heterocycles. The van der Waals surface area contributed by atoms with Crippen LogP contribution >= 0.6 is 0 Å². The van der Waals surface area contributed by atoms with Gasteiger partial charge in [-0.1, -0.05) is 81.4 Å². The van der Waals surface area contributed by atoms with Crippen molar-refractivity contribution in [1.29, 1.82) is 0 Å². The molecule has 0 bridgehead atoms. The molecule has 0 unspecified atom stereocenters. The highest BCUT2D eigenvalue weighted by atomic mass is 28.4. The summed E-state index contributed by atoms with van der Waals surface area (Å²) < 4.78 is 47.2. The molecular weight excluding hydrogens is 419 g/mol. The monoisotopic (exact) mass is 453 g/mol. The number of benzene rings is 2. The molecule has 31 heavy (non-hydrogen) atoms. The van der Waals surface area contributed by atoms with Gasteiger partial charge in [-0.3, -0.25) is 4.90 Å². The SMILES string of the molecule is CC(C)(C)[Si](C)(C)OC[C@@H]([C@H](O)C(F)(F)F)N(Cc1ccccc1)Cc1ccccc1. The van der Waals surface area contributed by atoms with E-state index in [1.54, 1.807) is 4.90 Å². The third kappa shape index (κ3) is 7.45. The molecule has 3 nitrogen and oxygen atoms in total. The fourth-order valence-corrected chi connectivity index (χ4v) is 4.07. The van der Waals surface area contributed by atoms with E-state index >= 15 is 0 Å². The van der Waals surface area contributed by atoms with E-state index in [1.165, 1.54) is 0 Å². The molecular formula is C24H34F3NO2Si. The quantitative estimate of drug-likeness (QED) is 0.473. The average Bonchev–Trinajstić information content (AvgIpc) is 2.68. The molecule has 0 aliphatic rings. The van der Waals surface area contributed by atoms with E-state index in [0.29, 0.717) is 0 Å². The zero-order valence-electron chi connectivity index (χ0n) is 19.0. The predicted octanol–water partition coefficient (Wildman–Crippen LogP) is 6.00. The molecule has 0 spiro atoms. The van der Waals surface area contributed by atoms with Crippen molar-refractivity contribution in [3.8, 4) is 0 Å².